The van der Waals surface area contributed by atoms with Crippen molar-refractivity contribution in [2.45, 2.75) is 44.2 Å². The van der Waals surface area contributed by atoms with Crippen LogP contribution >= 0.6 is 0 Å². The van der Waals surface area contributed by atoms with E-state index in [2.05, 4.69) is 5.32 Å². The van der Waals surface area contributed by atoms with E-state index in [4.69, 9.17) is 5.11 Å². The predicted molar refractivity (Wildman–Crippen MR) is 114 cm³/mol. The lowest BCUT2D eigenvalue weighted by molar-refractivity contribution is 0.0584. The summed E-state index contributed by atoms with van der Waals surface area (Å²) in [7, 11) is 1.00. The lowest BCUT2D eigenvalue weighted by atomic mass is 9.89. The minimum Gasteiger partial charge on any atom is -0.503 e. The first kappa shape index (κ1) is 23.8. The van der Waals surface area contributed by atoms with Gasteiger partial charge in [0.05, 0.1) is 5.54 Å². The number of pyridine rings is 1. The van der Waals surface area contributed by atoms with Crippen LogP contribution in [0.1, 0.15) is 57.8 Å². The van der Waals surface area contributed by atoms with E-state index in [0.29, 0.717) is 43.8 Å². The number of aromatic nitrogens is 1. The number of rotatable bonds is 3. The van der Waals surface area contributed by atoms with Crippen LogP contribution in [0.15, 0.2) is 16.9 Å². The lowest BCUT2D eigenvalue weighted by Gasteiger charge is -2.41. The number of benzene rings is 1. The standard InChI is InChI=1S/C22H20F3N3O4.CH4O/c23-11-7-13(24)12(14(25)8-11)9-26-20(31)16-15-3-5-22-4-1-2-6-27(10-22)21(32)17(28(15)22)19(30)18(16)29;1-2/h7-8,30H,1-6,9-10H2,(H,26,31);2H,1H3. The number of aliphatic hydroxyl groups is 1. The molecule has 0 saturated carbocycles. The van der Waals surface area contributed by atoms with E-state index in [1.165, 1.54) is 0 Å². The van der Waals surface area contributed by atoms with Gasteiger partial charge in [0.15, 0.2) is 11.4 Å². The molecule has 3 aliphatic heterocycles. The van der Waals surface area contributed by atoms with Crippen molar-refractivity contribution >= 4 is 11.8 Å². The van der Waals surface area contributed by atoms with Crippen LogP contribution in [-0.4, -0.2) is 51.7 Å². The molecule has 3 aliphatic rings. The van der Waals surface area contributed by atoms with Crippen molar-refractivity contribution in [1.82, 2.24) is 14.8 Å². The summed E-state index contributed by atoms with van der Waals surface area (Å²) in [6.07, 6.45) is 3.37. The molecule has 2 aromatic rings. The first-order chi connectivity index (χ1) is 16.2. The Morgan fingerprint density at radius 3 is 2.47 bits per heavy atom. The Balaban J connectivity index is 0.00000133. The topological polar surface area (TPSA) is 112 Å². The second kappa shape index (κ2) is 8.79. The smallest absolute Gasteiger partial charge is 0.274 e. The molecule has 5 rings (SSSR count). The number of fused-ring (bicyclic) bond motifs is 1. The Kier molecular flexibility index (Phi) is 6.15. The van der Waals surface area contributed by atoms with Crippen LogP contribution in [0.25, 0.3) is 0 Å². The van der Waals surface area contributed by atoms with E-state index in [0.717, 1.165) is 26.4 Å². The third-order valence-electron chi connectivity index (χ3n) is 6.80. The quantitative estimate of drug-likeness (QED) is 0.622. The average molecular weight is 479 g/mol. The summed E-state index contributed by atoms with van der Waals surface area (Å²) in [6, 6.07) is 0.994. The molecule has 1 aromatic carbocycles. The van der Waals surface area contributed by atoms with Gasteiger partial charge in [-0.25, -0.2) is 13.2 Å². The maximum absolute atomic E-state index is 13.9. The van der Waals surface area contributed by atoms with E-state index in [-0.39, 0.29) is 11.3 Å². The Bertz CT molecular complexity index is 1220. The molecule has 11 heteroatoms. The first-order valence-corrected chi connectivity index (χ1v) is 10.9. The highest BCUT2D eigenvalue weighted by atomic mass is 19.1. The number of hydrogen-bond donors (Lipinski definition) is 3. The van der Waals surface area contributed by atoms with Gasteiger partial charge in [-0.05, 0) is 32.1 Å². The fourth-order valence-corrected chi connectivity index (χ4v) is 5.34. The molecule has 3 N–H and O–H groups in total. The second-order valence-electron chi connectivity index (χ2n) is 8.62. The van der Waals surface area contributed by atoms with Gasteiger partial charge in [0.1, 0.15) is 23.0 Å². The molecule has 1 atom stereocenters. The molecule has 1 unspecified atom stereocenters. The molecule has 1 fully saturated rings. The molecule has 0 aliphatic carbocycles. The van der Waals surface area contributed by atoms with Crippen LogP contribution in [0.4, 0.5) is 13.2 Å². The summed E-state index contributed by atoms with van der Waals surface area (Å²) in [5.74, 6) is -5.57. The summed E-state index contributed by atoms with van der Waals surface area (Å²) in [6.45, 7) is 0.373. The monoisotopic (exact) mass is 479 g/mol. The van der Waals surface area contributed by atoms with Gasteiger partial charge in [-0.1, -0.05) is 0 Å². The molecule has 1 aromatic heterocycles. The molecule has 1 saturated heterocycles. The number of aromatic hydroxyl groups is 1. The van der Waals surface area contributed by atoms with E-state index >= 15 is 0 Å². The summed E-state index contributed by atoms with van der Waals surface area (Å²) in [5.41, 5.74) is -2.13. The first-order valence-electron chi connectivity index (χ1n) is 10.9. The predicted octanol–water partition coefficient (Wildman–Crippen LogP) is 1.79. The molecule has 2 amide bonds. The summed E-state index contributed by atoms with van der Waals surface area (Å²) in [4.78, 5) is 40.5. The van der Waals surface area contributed by atoms with Crippen molar-refractivity contribution in [3.05, 3.63) is 62.3 Å². The van der Waals surface area contributed by atoms with Gasteiger partial charge in [0.25, 0.3) is 11.8 Å². The van der Waals surface area contributed by atoms with Crippen LogP contribution in [0.2, 0.25) is 0 Å². The Morgan fingerprint density at radius 2 is 1.79 bits per heavy atom. The van der Waals surface area contributed by atoms with Crippen molar-refractivity contribution in [3.63, 3.8) is 0 Å². The molecule has 2 bridgehead atoms. The van der Waals surface area contributed by atoms with Crippen LogP contribution in [0, 0.1) is 17.5 Å². The van der Waals surface area contributed by atoms with Gasteiger partial charge < -0.3 is 25.0 Å². The van der Waals surface area contributed by atoms with Crippen LogP contribution in [0.5, 0.6) is 5.75 Å². The number of aliphatic hydroxyl groups excluding tert-OH is 1. The maximum Gasteiger partial charge on any atom is 0.274 e. The number of halogens is 3. The molecule has 1 spiro atoms. The van der Waals surface area contributed by atoms with Crippen molar-refractivity contribution in [1.29, 1.82) is 0 Å². The number of carbonyl (C=O) groups excluding carboxylic acids is 2. The summed E-state index contributed by atoms with van der Waals surface area (Å²) in [5, 5.41) is 19.9. The Labute approximate surface area is 192 Å². The van der Waals surface area contributed by atoms with Crippen LogP contribution in [0.3, 0.4) is 0 Å². The van der Waals surface area contributed by atoms with Gasteiger partial charge in [-0.3, -0.25) is 14.4 Å². The van der Waals surface area contributed by atoms with Crippen molar-refractivity contribution in [3.8, 4) is 5.75 Å². The van der Waals surface area contributed by atoms with Crippen molar-refractivity contribution in [2.24, 2.45) is 0 Å². The highest BCUT2D eigenvalue weighted by molar-refractivity contribution is 6.00. The normalized spacial score (nSPS) is 20.3. The van der Waals surface area contributed by atoms with Crippen molar-refractivity contribution in [2.75, 3.05) is 20.2 Å². The summed E-state index contributed by atoms with van der Waals surface area (Å²) < 4.78 is 42.6. The molecular formula is C23H24F3N3O5. The third kappa shape index (κ3) is 3.54. The zero-order valence-electron chi connectivity index (χ0n) is 18.5. The molecule has 0 radical (unpaired) electrons. The lowest BCUT2D eigenvalue weighted by Crippen LogP contribution is -2.52. The highest BCUT2D eigenvalue weighted by Crippen LogP contribution is 2.45. The maximum atomic E-state index is 13.9. The van der Waals surface area contributed by atoms with Gasteiger partial charge in [0, 0.05) is 50.1 Å². The SMILES string of the molecule is CO.O=C(NCc1c(F)cc(F)cc1F)c1c2n3c(c(O)c1=O)C(=O)N1CCCCC3(CC2)C1. The highest BCUT2D eigenvalue weighted by Gasteiger charge is 2.50. The summed E-state index contributed by atoms with van der Waals surface area (Å²) >= 11 is 0. The number of nitrogens with zero attached hydrogens (tertiary/aromatic N) is 2. The van der Waals surface area contributed by atoms with E-state index in [1.807, 2.05) is 0 Å². The molecular weight excluding hydrogens is 455 g/mol. The number of carbonyl (C=O) groups is 2. The fraction of sp³-hybridized carbons (Fsp3) is 0.435. The molecule has 4 heterocycles. The van der Waals surface area contributed by atoms with E-state index in [9.17, 15) is 32.7 Å². The molecule has 34 heavy (non-hydrogen) atoms. The minimum atomic E-state index is -1.17. The van der Waals surface area contributed by atoms with Crippen molar-refractivity contribution < 1.29 is 33.0 Å². The van der Waals surface area contributed by atoms with Gasteiger partial charge in [-0.2, -0.15) is 0 Å². The Morgan fingerprint density at radius 1 is 1.12 bits per heavy atom. The van der Waals surface area contributed by atoms with E-state index < -0.39 is 58.1 Å². The fourth-order valence-electron chi connectivity index (χ4n) is 5.34. The van der Waals surface area contributed by atoms with Crippen LogP contribution in [-0.2, 0) is 18.5 Å². The second-order valence-corrected chi connectivity index (χ2v) is 8.62. The van der Waals surface area contributed by atoms with E-state index in [1.54, 1.807) is 9.47 Å². The largest absolute Gasteiger partial charge is 0.503 e. The number of hydrogen-bond acceptors (Lipinski definition) is 5. The van der Waals surface area contributed by atoms with Crippen LogP contribution < -0.4 is 10.7 Å². The molecule has 182 valence electrons. The zero-order chi connectivity index (χ0) is 24.8. The van der Waals surface area contributed by atoms with Gasteiger partial charge in [0.2, 0.25) is 5.43 Å². The number of amides is 2. The minimum absolute atomic E-state index is 0.0946. The Hall–Kier alpha value is -3.34. The van der Waals surface area contributed by atoms with Gasteiger partial charge in [-0.15, -0.1) is 0 Å². The van der Waals surface area contributed by atoms with Gasteiger partial charge >= 0.3 is 0 Å². The average Bonchev–Trinajstić information content (AvgIpc) is 3.03. The third-order valence-corrected chi connectivity index (χ3v) is 6.80. The number of nitrogens with one attached hydrogen (secondary N) is 1. The zero-order valence-corrected chi connectivity index (χ0v) is 18.5. The molecule has 8 nitrogen and oxygen atoms in total.